The Morgan fingerprint density at radius 1 is 0.783 bits per heavy atom. The molecular formula is C20H41NO2. The van der Waals surface area contributed by atoms with Crippen LogP contribution in [0.2, 0.25) is 0 Å². The van der Waals surface area contributed by atoms with Crippen molar-refractivity contribution in [1.29, 1.82) is 0 Å². The van der Waals surface area contributed by atoms with Gasteiger partial charge in [0.15, 0.2) is 0 Å². The quantitative estimate of drug-likeness (QED) is 0.279. The van der Waals surface area contributed by atoms with E-state index < -0.39 is 0 Å². The number of hydrogen-bond acceptors (Lipinski definition) is 3. The van der Waals surface area contributed by atoms with Crippen molar-refractivity contribution < 1.29 is 9.53 Å². The van der Waals surface area contributed by atoms with Gasteiger partial charge in [-0.2, -0.15) is 0 Å². The molecule has 1 unspecified atom stereocenters. The third-order valence-corrected chi connectivity index (χ3v) is 4.49. The summed E-state index contributed by atoms with van der Waals surface area (Å²) in [5.41, 5.74) is 5.48. The van der Waals surface area contributed by atoms with E-state index in [0.29, 0.717) is 6.61 Å². The number of ether oxygens (including phenoxy) is 1. The van der Waals surface area contributed by atoms with Gasteiger partial charge in [0.1, 0.15) is 0 Å². The van der Waals surface area contributed by atoms with Crippen LogP contribution in [-0.2, 0) is 9.53 Å². The molecule has 0 saturated carbocycles. The van der Waals surface area contributed by atoms with Crippen molar-refractivity contribution in [2.45, 2.75) is 104 Å². The Kier molecular flexibility index (Phi) is 17.3. The fourth-order valence-electron chi connectivity index (χ4n) is 2.89. The van der Waals surface area contributed by atoms with E-state index in [9.17, 15) is 4.79 Å². The lowest BCUT2D eigenvalue weighted by Gasteiger charge is -2.15. The summed E-state index contributed by atoms with van der Waals surface area (Å²) < 4.78 is 5.53. The normalized spacial score (nSPS) is 12.3. The number of esters is 1. The van der Waals surface area contributed by atoms with Gasteiger partial charge in [-0.3, -0.25) is 4.79 Å². The van der Waals surface area contributed by atoms with E-state index in [1.165, 1.54) is 44.9 Å². The number of nitrogens with two attached hydrogens (primary N) is 1. The molecule has 0 aliphatic carbocycles. The van der Waals surface area contributed by atoms with Crippen molar-refractivity contribution >= 4 is 5.97 Å². The average Bonchev–Trinajstić information content (AvgIpc) is 2.56. The minimum absolute atomic E-state index is 0.0538. The van der Waals surface area contributed by atoms with Gasteiger partial charge in [0, 0.05) is 0 Å². The molecule has 0 aromatic carbocycles. The summed E-state index contributed by atoms with van der Waals surface area (Å²) >= 11 is 0. The first kappa shape index (κ1) is 22.4. The number of carbonyl (C=O) groups is 1. The molecule has 0 heterocycles. The molecule has 2 N–H and O–H groups in total. The van der Waals surface area contributed by atoms with Gasteiger partial charge in [-0.15, -0.1) is 0 Å². The maximum atomic E-state index is 12.3. The van der Waals surface area contributed by atoms with Gasteiger partial charge in [0.05, 0.1) is 12.5 Å². The number of unbranched alkanes of at least 4 members (excludes halogenated alkanes) is 9. The molecule has 0 fully saturated rings. The Hall–Kier alpha value is -0.570. The zero-order valence-electron chi connectivity index (χ0n) is 15.8. The lowest BCUT2D eigenvalue weighted by Crippen LogP contribution is -2.18. The predicted molar refractivity (Wildman–Crippen MR) is 99.5 cm³/mol. The molecule has 1 atom stereocenters. The van der Waals surface area contributed by atoms with E-state index in [4.69, 9.17) is 10.5 Å². The molecule has 0 saturated heterocycles. The third kappa shape index (κ3) is 14.7. The monoisotopic (exact) mass is 327 g/mol. The summed E-state index contributed by atoms with van der Waals surface area (Å²) in [4.78, 5) is 12.3. The van der Waals surface area contributed by atoms with Crippen LogP contribution in [0.3, 0.4) is 0 Å². The highest BCUT2D eigenvalue weighted by atomic mass is 16.5. The van der Waals surface area contributed by atoms with Gasteiger partial charge in [-0.1, -0.05) is 78.1 Å². The van der Waals surface area contributed by atoms with Gasteiger partial charge in [-0.05, 0) is 32.2 Å². The van der Waals surface area contributed by atoms with Gasteiger partial charge in [-0.25, -0.2) is 0 Å². The summed E-state index contributed by atoms with van der Waals surface area (Å²) in [6.07, 6.45) is 16.2. The molecule has 0 rings (SSSR count). The zero-order valence-corrected chi connectivity index (χ0v) is 15.8. The minimum Gasteiger partial charge on any atom is -0.465 e. The van der Waals surface area contributed by atoms with Gasteiger partial charge in [0.25, 0.3) is 0 Å². The highest BCUT2D eigenvalue weighted by Gasteiger charge is 2.18. The molecular weight excluding hydrogens is 286 g/mol. The smallest absolute Gasteiger partial charge is 0.308 e. The van der Waals surface area contributed by atoms with Crippen LogP contribution < -0.4 is 5.73 Å². The molecule has 0 aliphatic heterocycles. The number of rotatable bonds is 17. The van der Waals surface area contributed by atoms with E-state index in [2.05, 4.69) is 13.8 Å². The van der Waals surface area contributed by atoms with Crippen molar-refractivity contribution in [3.05, 3.63) is 0 Å². The molecule has 0 radical (unpaired) electrons. The molecule has 138 valence electrons. The van der Waals surface area contributed by atoms with Crippen molar-refractivity contribution in [3.63, 3.8) is 0 Å². The first-order valence-corrected chi connectivity index (χ1v) is 10.1. The molecule has 23 heavy (non-hydrogen) atoms. The summed E-state index contributed by atoms with van der Waals surface area (Å²) in [6, 6.07) is 0. The topological polar surface area (TPSA) is 52.3 Å². The van der Waals surface area contributed by atoms with E-state index in [1.807, 2.05) is 0 Å². The molecule has 0 aromatic rings. The van der Waals surface area contributed by atoms with E-state index in [1.54, 1.807) is 0 Å². The number of carbonyl (C=O) groups excluding carboxylic acids is 1. The fourth-order valence-corrected chi connectivity index (χ4v) is 2.89. The SMILES string of the molecule is CCCCCCC(CCCC)C(=O)OCCCCCCCCN. The van der Waals surface area contributed by atoms with Crippen LogP contribution in [-0.4, -0.2) is 19.1 Å². The summed E-state index contributed by atoms with van der Waals surface area (Å²) in [6.45, 7) is 5.81. The lowest BCUT2D eigenvalue weighted by molar-refractivity contribution is -0.149. The van der Waals surface area contributed by atoms with Crippen molar-refractivity contribution in [1.82, 2.24) is 0 Å². The van der Waals surface area contributed by atoms with Crippen LogP contribution in [0.1, 0.15) is 104 Å². The average molecular weight is 328 g/mol. The Balaban J connectivity index is 3.76. The van der Waals surface area contributed by atoms with Crippen molar-refractivity contribution in [3.8, 4) is 0 Å². The highest BCUT2D eigenvalue weighted by Crippen LogP contribution is 2.19. The molecule has 0 aliphatic rings. The molecule has 0 spiro atoms. The first-order chi connectivity index (χ1) is 11.3. The molecule has 0 bridgehead atoms. The van der Waals surface area contributed by atoms with Crippen molar-refractivity contribution in [2.75, 3.05) is 13.2 Å². The highest BCUT2D eigenvalue weighted by molar-refractivity contribution is 5.72. The molecule has 3 heteroatoms. The van der Waals surface area contributed by atoms with Gasteiger partial charge < -0.3 is 10.5 Å². The predicted octanol–water partition coefficient (Wildman–Crippen LogP) is 5.61. The van der Waals surface area contributed by atoms with E-state index in [-0.39, 0.29) is 11.9 Å². The fraction of sp³-hybridized carbons (Fsp3) is 0.950. The third-order valence-electron chi connectivity index (χ3n) is 4.49. The van der Waals surface area contributed by atoms with Crippen molar-refractivity contribution in [2.24, 2.45) is 11.7 Å². The Bertz CT molecular complexity index is 256. The number of hydrogen-bond donors (Lipinski definition) is 1. The molecule has 3 nitrogen and oxygen atoms in total. The van der Waals surface area contributed by atoms with Crippen LogP contribution in [0.15, 0.2) is 0 Å². The second kappa shape index (κ2) is 17.8. The van der Waals surface area contributed by atoms with Crippen LogP contribution in [0, 0.1) is 5.92 Å². The first-order valence-electron chi connectivity index (χ1n) is 10.1. The Morgan fingerprint density at radius 2 is 1.35 bits per heavy atom. The Morgan fingerprint density at radius 3 is 2.00 bits per heavy atom. The summed E-state index contributed by atoms with van der Waals surface area (Å²) in [5, 5.41) is 0. The zero-order chi connectivity index (χ0) is 17.2. The second-order valence-electron chi connectivity index (χ2n) is 6.77. The molecule has 0 aromatic heterocycles. The van der Waals surface area contributed by atoms with Gasteiger partial charge >= 0.3 is 5.97 Å². The van der Waals surface area contributed by atoms with Crippen LogP contribution in [0.5, 0.6) is 0 Å². The van der Waals surface area contributed by atoms with Gasteiger partial charge in [0.2, 0.25) is 0 Å². The lowest BCUT2D eigenvalue weighted by atomic mass is 9.95. The van der Waals surface area contributed by atoms with Crippen LogP contribution in [0.25, 0.3) is 0 Å². The summed E-state index contributed by atoms with van der Waals surface area (Å²) in [7, 11) is 0. The van der Waals surface area contributed by atoms with E-state index >= 15 is 0 Å². The van der Waals surface area contributed by atoms with Crippen LogP contribution >= 0.6 is 0 Å². The molecule has 0 amide bonds. The Labute approximate surface area is 144 Å². The maximum absolute atomic E-state index is 12.3. The standard InChI is InChI=1S/C20H41NO2/c1-3-5-7-12-16-19(15-6-4-2)20(22)23-18-14-11-9-8-10-13-17-21/h19H,3-18,21H2,1-2H3. The maximum Gasteiger partial charge on any atom is 0.308 e. The van der Waals surface area contributed by atoms with Crippen LogP contribution in [0.4, 0.5) is 0 Å². The summed E-state index contributed by atoms with van der Waals surface area (Å²) in [5.74, 6) is 0.189. The van der Waals surface area contributed by atoms with E-state index in [0.717, 1.165) is 51.5 Å². The largest absolute Gasteiger partial charge is 0.465 e. The second-order valence-corrected chi connectivity index (χ2v) is 6.77. The minimum atomic E-state index is 0.0538.